The van der Waals surface area contributed by atoms with Gasteiger partial charge in [0.1, 0.15) is 5.75 Å². The maximum absolute atomic E-state index is 5.78. The molecule has 1 aliphatic carbocycles. The Bertz CT molecular complexity index is 576. The minimum Gasteiger partial charge on any atom is -0.496 e. The van der Waals surface area contributed by atoms with Crippen LogP contribution in [0.3, 0.4) is 0 Å². The Morgan fingerprint density at radius 2 is 2.08 bits per heavy atom. The Morgan fingerprint density at radius 3 is 2.72 bits per heavy atom. The molecule has 0 aromatic heterocycles. The molecule has 5 nitrogen and oxygen atoms in total. The topological polar surface area (TPSA) is 46.1 Å². The van der Waals surface area contributed by atoms with Gasteiger partial charge in [0, 0.05) is 32.2 Å². The third kappa shape index (κ3) is 5.00. The lowest BCUT2D eigenvalue weighted by Gasteiger charge is -2.38. The van der Waals surface area contributed by atoms with Gasteiger partial charge in [-0.15, -0.1) is 24.0 Å². The number of hydrogen-bond acceptors (Lipinski definition) is 3. The van der Waals surface area contributed by atoms with Crippen molar-refractivity contribution in [3.05, 3.63) is 29.8 Å². The molecular formula is C19H30IN3O2. The van der Waals surface area contributed by atoms with E-state index in [0.29, 0.717) is 18.6 Å². The van der Waals surface area contributed by atoms with Crippen LogP contribution in [0.2, 0.25) is 0 Å². The van der Waals surface area contributed by atoms with Gasteiger partial charge in [-0.05, 0) is 30.7 Å². The second-order valence-electron chi connectivity index (χ2n) is 6.86. The van der Waals surface area contributed by atoms with E-state index in [1.54, 1.807) is 7.11 Å². The van der Waals surface area contributed by atoms with Crippen molar-refractivity contribution in [1.29, 1.82) is 0 Å². The molecule has 1 spiro atoms. The number of para-hydroxylation sites is 1. The number of hydrogen-bond donors (Lipinski definition) is 1. The normalized spacial score (nSPS) is 18.6. The van der Waals surface area contributed by atoms with Crippen molar-refractivity contribution >= 4 is 29.9 Å². The van der Waals surface area contributed by atoms with Crippen LogP contribution in [-0.2, 0) is 11.3 Å². The summed E-state index contributed by atoms with van der Waals surface area (Å²) >= 11 is 0. The molecular weight excluding hydrogens is 429 g/mol. The summed E-state index contributed by atoms with van der Waals surface area (Å²) < 4.78 is 11.1. The Hall–Kier alpha value is -1.02. The third-order valence-electron chi connectivity index (χ3n) is 5.34. The second-order valence-corrected chi connectivity index (χ2v) is 6.86. The van der Waals surface area contributed by atoms with Gasteiger partial charge in [0.25, 0.3) is 0 Å². The SMILES string of the molecule is CN=C(NCCOCc1ccccc1OC)N1CCC2(CCC2)C1.I. The maximum Gasteiger partial charge on any atom is 0.193 e. The van der Waals surface area contributed by atoms with Gasteiger partial charge in [0.2, 0.25) is 0 Å². The van der Waals surface area contributed by atoms with Gasteiger partial charge in [0.15, 0.2) is 5.96 Å². The Labute approximate surface area is 168 Å². The van der Waals surface area contributed by atoms with E-state index in [9.17, 15) is 0 Å². The number of rotatable bonds is 6. The predicted molar refractivity (Wildman–Crippen MR) is 112 cm³/mol. The average Bonchev–Trinajstić information content (AvgIpc) is 3.04. The lowest BCUT2D eigenvalue weighted by Crippen LogP contribution is -2.43. The average molecular weight is 459 g/mol. The molecule has 2 fully saturated rings. The number of aliphatic imine (C=N–C) groups is 1. The summed E-state index contributed by atoms with van der Waals surface area (Å²) in [4.78, 5) is 6.84. The van der Waals surface area contributed by atoms with Crippen LogP contribution >= 0.6 is 24.0 Å². The first-order chi connectivity index (χ1) is 11.8. The zero-order valence-electron chi connectivity index (χ0n) is 15.3. The van der Waals surface area contributed by atoms with Crippen LogP contribution in [0.5, 0.6) is 5.75 Å². The van der Waals surface area contributed by atoms with E-state index in [2.05, 4.69) is 15.2 Å². The maximum atomic E-state index is 5.78. The third-order valence-corrected chi connectivity index (χ3v) is 5.34. The summed E-state index contributed by atoms with van der Waals surface area (Å²) in [5.41, 5.74) is 1.67. The van der Waals surface area contributed by atoms with Gasteiger partial charge in [-0.2, -0.15) is 0 Å². The minimum atomic E-state index is 0. The molecule has 0 atom stereocenters. The van der Waals surface area contributed by atoms with Crippen LogP contribution in [0.15, 0.2) is 29.3 Å². The van der Waals surface area contributed by atoms with Crippen molar-refractivity contribution in [1.82, 2.24) is 10.2 Å². The molecule has 1 aromatic rings. The lowest BCUT2D eigenvalue weighted by molar-refractivity contribution is 0.122. The first kappa shape index (κ1) is 20.3. The number of methoxy groups -OCH3 is 1. The molecule has 2 aliphatic rings. The standard InChI is InChI=1S/C19H29N3O2.HI/c1-20-18(22-12-10-19(15-22)8-5-9-19)21-11-13-24-14-16-6-3-4-7-17(16)23-2;/h3-4,6-7H,5,8-15H2,1-2H3,(H,20,21);1H. The highest BCUT2D eigenvalue weighted by Crippen LogP contribution is 2.47. The van der Waals surface area contributed by atoms with Crippen molar-refractivity contribution in [2.45, 2.75) is 32.3 Å². The fourth-order valence-electron chi connectivity index (χ4n) is 3.77. The summed E-state index contributed by atoms with van der Waals surface area (Å²) in [6, 6.07) is 7.97. The predicted octanol–water partition coefficient (Wildman–Crippen LogP) is 3.28. The van der Waals surface area contributed by atoms with Crippen molar-refractivity contribution in [2.75, 3.05) is 40.4 Å². The van der Waals surface area contributed by atoms with E-state index in [0.717, 1.165) is 36.9 Å². The fraction of sp³-hybridized carbons (Fsp3) is 0.632. The smallest absolute Gasteiger partial charge is 0.193 e. The highest BCUT2D eigenvalue weighted by atomic mass is 127. The van der Waals surface area contributed by atoms with Gasteiger partial charge >= 0.3 is 0 Å². The number of ether oxygens (including phenoxy) is 2. The van der Waals surface area contributed by atoms with E-state index in [4.69, 9.17) is 9.47 Å². The molecule has 25 heavy (non-hydrogen) atoms. The summed E-state index contributed by atoms with van der Waals surface area (Å²) in [5.74, 6) is 1.89. The van der Waals surface area contributed by atoms with E-state index >= 15 is 0 Å². The highest BCUT2D eigenvalue weighted by molar-refractivity contribution is 14.0. The molecule has 6 heteroatoms. The summed E-state index contributed by atoms with van der Waals surface area (Å²) in [6.07, 6.45) is 5.50. The number of halogens is 1. The Balaban J connectivity index is 0.00000225. The summed E-state index contributed by atoms with van der Waals surface area (Å²) in [6.45, 7) is 4.27. The minimum absolute atomic E-state index is 0. The zero-order valence-corrected chi connectivity index (χ0v) is 17.6. The Kier molecular flexibility index (Phi) is 7.81. The molecule has 1 aliphatic heterocycles. The number of nitrogens with one attached hydrogen (secondary N) is 1. The second kappa shape index (κ2) is 9.62. The summed E-state index contributed by atoms with van der Waals surface area (Å²) in [5, 5.41) is 3.43. The molecule has 1 saturated carbocycles. The molecule has 3 rings (SSSR count). The largest absolute Gasteiger partial charge is 0.496 e. The van der Waals surface area contributed by atoms with Gasteiger partial charge in [-0.3, -0.25) is 4.99 Å². The first-order valence-electron chi connectivity index (χ1n) is 8.92. The molecule has 0 unspecified atom stereocenters. The Morgan fingerprint density at radius 1 is 1.28 bits per heavy atom. The van der Waals surface area contributed by atoms with Crippen LogP contribution in [0.25, 0.3) is 0 Å². The fourth-order valence-corrected chi connectivity index (χ4v) is 3.77. The summed E-state index contributed by atoms with van der Waals surface area (Å²) in [7, 11) is 3.55. The first-order valence-corrected chi connectivity index (χ1v) is 8.92. The van der Waals surface area contributed by atoms with Gasteiger partial charge in [0.05, 0.1) is 20.3 Å². The number of nitrogens with zero attached hydrogens (tertiary/aromatic N) is 2. The van der Waals surface area contributed by atoms with Crippen LogP contribution in [0.1, 0.15) is 31.2 Å². The molecule has 1 aromatic carbocycles. The zero-order chi connectivity index (χ0) is 16.8. The monoisotopic (exact) mass is 459 g/mol. The van der Waals surface area contributed by atoms with Crippen LogP contribution in [-0.4, -0.2) is 51.3 Å². The van der Waals surface area contributed by atoms with Crippen molar-refractivity contribution in [3.63, 3.8) is 0 Å². The van der Waals surface area contributed by atoms with E-state index in [-0.39, 0.29) is 24.0 Å². The van der Waals surface area contributed by atoms with Crippen molar-refractivity contribution in [3.8, 4) is 5.75 Å². The van der Waals surface area contributed by atoms with Crippen molar-refractivity contribution < 1.29 is 9.47 Å². The van der Waals surface area contributed by atoms with Crippen LogP contribution < -0.4 is 10.1 Å². The van der Waals surface area contributed by atoms with E-state index in [1.807, 2.05) is 31.3 Å². The van der Waals surface area contributed by atoms with E-state index in [1.165, 1.54) is 25.7 Å². The van der Waals surface area contributed by atoms with Gasteiger partial charge in [-0.1, -0.05) is 24.6 Å². The van der Waals surface area contributed by atoms with E-state index < -0.39 is 0 Å². The quantitative estimate of drug-likeness (QED) is 0.307. The molecule has 0 amide bonds. The van der Waals surface area contributed by atoms with Gasteiger partial charge < -0.3 is 19.7 Å². The van der Waals surface area contributed by atoms with Gasteiger partial charge in [-0.25, -0.2) is 0 Å². The highest BCUT2D eigenvalue weighted by Gasteiger charge is 2.43. The number of likely N-dealkylation sites (tertiary alicyclic amines) is 1. The molecule has 140 valence electrons. The van der Waals surface area contributed by atoms with Crippen molar-refractivity contribution in [2.24, 2.45) is 10.4 Å². The molecule has 0 bridgehead atoms. The lowest BCUT2D eigenvalue weighted by atomic mass is 9.68. The molecule has 1 N–H and O–H groups in total. The van der Waals surface area contributed by atoms with Crippen LogP contribution in [0, 0.1) is 5.41 Å². The van der Waals surface area contributed by atoms with Crippen LogP contribution in [0.4, 0.5) is 0 Å². The number of guanidine groups is 1. The molecule has 1 saturated heterocycles. The molecule has 1 heterocycles. The molecule has 0 radical (unpaired) electrons. The number of benzene rings is 1.